The van der Waals surface area contributed by atoms with Gasteiger partial charge < -0.3 is 14.4 Å². The summed E-state index contributed by atoms with van der Waals surface area (Å²) in [4.78, 5) is 26.5. The summed E-state index contributed by atoms with van der Waals surface area (Å²) in [6.07, 6.45) is 4.71. The van der Waals surface area contributed by atoms with Crippen molar-refractivity contribution in [1.82, 2.24) is 23.7 Å². The van der Waals surface area contributed by atoms with Gasteiger partial charge >= 0.3 is 0 Å². The zero-order chi connectivity index (χ0) is 25.0. The maximum atomic E-state index is 13.0. The van der Waals surface area contributed by atoms with Crippen LogP contribution in [0.1, 0.15) is 32.0 Å². The predicted octanol–water partition coefficient (Wildman–Crippen LogP) is 2.76. The number of pyridine rings is 1. The van der Waals surface area contributed by atoms with Crippen molar-refractivity contribution in [1.29, 1.82) is 0 Å². The van der Waals surface area contributed by atoms with Crippen LogP contribution in [0.5, 0.6) is 0 Å². The lowest BCUT2D eigenvalue weighted by Gasteiger charge is -2.35. The number of carbonyl (C=O) groups excluding carboxylic acids is 1. The molecule has 0 aliphatic carbocycles. The van der Waals surface area contributed by atoms with Gasteiger partial charge in [0.05, 0.1) is 15.9 Å². The molecule has 0 radical (unpaired) electrons. The van der Waals surface area contributed by atoms with Gasteiger partial charge in [0, 0.05) is 65.9 Å². The molecular formula is C25H34N6O3S. The smallest absolute Gasteiger partial charge is 0.242 e. The number of carbonyl (C=O) groups is 1. The predicted molar refractivity (Wildman–Crippen MR) is 137 cm³/mol. The van der Waals surface area contributed by atoms with Crippen LogP contribution in [0.3, 0.4) is 0 Å². The Balaban J connectivity index is 1.46. The zero-order valence-electron chi connectivity index (χ0n) is 20.7. The lowest BCUT2D eigenvalue weighted by Crippen LogP contribution is -2.49. The van der Waals surface area contributed by atoms with Gasteiger partial charge in [0.25, 0.3) is 0 Å². The number of aryl methyl sites for hydroxylation is 2. The van der Waals surface area contributed by atoms with Crippen LogP contribution in [0.2, 0.25) is 0 Å². The third-order valence-corrected chi connectivity index (χ3v) is 8.29. The van der Waals surface area contributed by atoms with E-state index >= 15 is 0 Å². The minimum absolute atomic E-state index is 0.121. The molecule has 0 bridgehead atoms. The van der Waals surface area contributed by atoms with Gasteiger partial charge in [0.1, 0.15) is 11.6 Å². The summed E-state index contributed by atoms with van der Waals surface area (Å²) in [5.74, 6) is 1.89. The fraction of sp³-hybridized carbons (Fsp3) is 0.480. The van der Waals surface area contributed by atoms with Crippen molar-refractivity contribution in [2.24, 2.45) is 0 Å². The van der Waals surface area contributed by atoms with E-state index < -0.39 is 10.0 Å². The van der Waals surface area contributed by atoms with Gasteiger partial charge in [-0.3, -0.25) is 4.79 Å². The van der Waals surface area contributed by atoms with E-state index in [-0.39, 0.29) is 10.8 Å². The molecule has 1 aliphatic heterocycles. The fourth-order valence-electron chi connectivity index (χ4n) is 4.39. The molecule has 0 unspecified atom stereocenters. The molecular weight excluding hydrogens is 464 g/mol. The molecule has 1 aliphatic rings. The summed E-state index contributed by atoms with van der Waals surface area (Å²) in [5, 5.41) is 0. The number of imidazole rings is 1. The summed E-state index contributed by atoms with van der Waals surface area (Å²) in [7, 11) is -0.498. The first-order valence-electron chi connectivity index (χ1n) is 12.2. The van der Waals surface area contributed by atoms with Gasteiger partial charge in [-0.25, -0.2) is 22.7 Å². The Bertz CT molecular complexity index is 1270. The number of piperazine rings is 1. The molecule has 0 saturated carbocycles. The molecule has 35 heavy (non-hydrogen) atoms. The first-order valence-corrected chi connectivity index (χ1v) is 13.6. The highest BCUT2D eigenvalue weighted by atomic mass is 32.2. The molecule has 0 atom stereocenters. The number of nitrogens with zero attached hydrogens (tertiary/aromatic N) is 6. The van der Waals surface area contributed by atoms with Crippen molar-refractivity contribution in [3.63, 3.8) is 0 Å². The number of anilines is 1. The van der Waals surface area contributed by atoms with E-state index in [9.17, 15) is 13.2 Å². The number of hydrogen-bond acceptors (Lipinski definition) is 6. The van der Waals surface area contributed by atoms with Crippen molar-refractivity contribution >= 4 is 32.8 Å². The highest BCUT2D eigenvalue weighted by molar-refractivity contribution is 7.89. The Morgan fingerprint density at radius 3 is 2.51 bits per heavy atom. The van der Waals surface area contributed by atoms with E-state index in [0.29, 0.717) is 31.4 Å². The number of sulfonamides is 1. The number of hydrogen-bond donors (Lipinski definition) is 0. The van der Waals surface area contributed by atoms with Crippen LogP contribution in [0.15, 0.2) is 47.5 Å². The summed E-state index contributed by atoms with van der Waals surface area (Å²) < 4.78 is 28.5. The molecule has 2 aromatic heterocycles. The van der Waals surface area contributed by atoms with E-state index in [2.05, 4.69) is 21.4 Å². The molecule has 1 saturated heterocycles. The van der Waals surface area contributed by atoms with Crippen LogP contribution in [0.25, 0.3) is 11.0 Å². The largest absolute Gasteiger partial charge is 0.353 e. The van der Waals surface area contributed by atoms with Crippen LogP contribution in [0.4, 0.5) is 5.82 Å². The molecule has 0 spiro atoms. The van der Waals surface area contributed by atoms with Gasteiger partial charge in [-0.2, -0.15) is 0 Å². The second kappa shape index (κ2) is 10.7. The third-order valence-electron chi connectivity index (χ3n) is 6.48. The number of aromatic nitrogens is 3. The van der Waals surface area contributed by atoms with Crippen molar-refractivity contribution in [3.05, 3.63) is 48.4 Å². The first-order chi connectivity index (χ1) is 16.8. The minimum atomic E-state index is -3.54. The lowest BCUT2D eigenvalue weighted by molar-refractivity contribution is -0.131. The van der Waals surface area contributed by atoms with Gasteiger partial charge in [-0.1, -0.05) is 19.4 Å². The van der Waals surface area contributed by atoms with Gasteiger partial charge in [0.15, 0.2) is 0 Å². The Morgan fingerprint density at radius 1 is 1.09 bits per heavy atom. The molecule has 4 rings (SSSR count). The Kier molecular flexibility index (Phi) is 7.71. The van der Waals surface area contributed by atoms with Gasteiger partial charge in [-0.15, -0.1) is 0 Å². The van der Waals surface area contributed by atoms with E-state index in [1.807, 2.05) is 29.2 Å². The van der Waals surface area contributed by atoms with Crippen LogP contribution in [-0.2, 0) is 27.8 Å². The second-order valence-electron chi connectivity index (χ2n) is 9.03. The Labute approximate surface area is 207 Å². The number of benzene rings is 1. The molecule has 9 nitrogen and oxygen atoms in total. The Morgan fingerprint density at radius 2 is 1.86 bits per heavy atom. The van der Waals surface area contributed by atoms with Crippen LogP contribution in [0, 0.1) is 0 Å². The highest BCUT2D eigenvalue weighted by Crippen LogP contribution is 2.24. The lowest BCUT2D eigenvalue weighted by atomic mass is 10.2. The number of amides is 1. The van der Waals surface area contributed by atoms with E-state index in [0.717, 1.165) is 49.6 Å². The standard InChI is InChI=1S/C25H34N6O3S/c1-4-5-14-31-22-10-9-20(35(33,34)28(2)3)19-21(22)27-24(31)11-12-25(32)30-17-15-29(16-18-30)23-8-6-7-13-26-23/h6-10,13,19H,4-5,11-12,14-18H2,1-3H3. The molecule has 3 heterocycles. The molecule has 0 N–H and O–H groups in total. The molecule has 1 fully saturated rings. The van der Waals surface area contributed by atoms with E-state index in [1.54, 1.807) is 18.3 Å². The molecule has 1 aromatic carbocycles. The van der Waals surface area contributed by atoms with Crippen molar-refractivity contribution in [2.45, 2.75) is 44.0 Å². The van der Waals surface area contributed by atoms with Crippen molar-refractivity contribution < 1.29 is 13.2 Å². The zero-order valence-corrected chi connectivity index (χ0v) is 21.5. The maximum absolute atomic E-state index is 13.0. The quantitative estimate of drug-likeness (QED) is 0.451. The first kappa shape index (κ1) is 25.1. The average molecular weight is 499 g/mol. The molecule has 188 valence electrons. The number of rotatable bonds is 9. The SMILES string of the molecule is CCCCn1c(CCC(=O)N2CCN(c3ccccn3)CC2)nc2cc(S(=O)(=O)N(C)C)ccc21. The summed E-state index contributed by atoms with van der Waals surface area (Å²) in [6, 6.07) is 11.0. The Hall–Kier alpha value is -2.98. The molecule has 3 aromatic rings. The van der Waals surface area contributed by atoms with E-state index in [4.69, 9.17) is 4.98 Å². The fourth-order valence-corrected chi connectivity index (χ4v) is 5.31. The summed E-state index contributed by atoms with van der Waals surface area (Å²) in [5.41, 5.74) is 1.55. The van der Waals surface area contributed by atoms with E-state index in [1.165, 1.54) is 18.4 Å². The van der Waals surface area contributed by atoms with Crippen LogP contribution < -0.4 is 4.90 Å². The molecule has 1 amide bonds. The average Bonchev–Trinajstić information content (AvgIpc) is 3.23. The maximum Gasteiger partial charge on any atom is 0.242 e. The summed E-state index contributed by atoms with van der Waals surface area (Å²) in [6.45, 7) is 5.80. The van der Waals surface area contributed by atoms with Crippen molar-refractivity contribution in [2.75, 3.05) is 45.2 Å². The topological polar surface area (TPSA) is 91.6 Å². The number of unbranched alkanes of at least 4 members (excludes halogenated alkanes) is 1. The van der Waals surface area contributed by atoms with Crippen molar-refractivity contribution in [3.8, 4) is 0 Å². The monoisotopic (exact) mass is 498 g/mol. The van der Waals surface area contributed by atoms with Crippen LogP contribution >= 0.6 is 0 Å². The number of fused-ring (bicyclic) bond motifs is 1. The summed E-state index contributed by atoms with van der Waals surface area (Å²) >= 11 is 0. The minimum Gasteiger partial charge on any atom is -0.353 e. The van der Waals surface area contributed by atoms with Gasteiger partial charge in [-0.05, 0) is 36.8 Å². The highest BCUT2D eigenvalue weighted by Gasteiger charge is 2.23. The van der Waals surface area contributed by atoms with Crippen LogP contribution in [-0.4, -0.2) is 78.3 Å². The second-order valence-corrected chi connectivity index (χ2v) is 11.2. The molecule has 10 heteroatoms. The normalized spacial score (nSPS) is 14.7. The van der Waals surface area contributed by atoms with Gasteiger partial charge in [0.2, 0.25) is 15.9 Å². The third kappa shape index (κ3) is 5.48.